The Morgan fingerprint density at radius 3 is 2.11 bits per heavy atom. The van der Waals surface area contributed by atoms with Crippen LogP contribution in [-0.4, -0.2) is 93.8 Å². The van der Waals surface area contributed by atoms with Gasteiger partial charge in [0.05, 0.1) is 6.04 Å². The quantitative estimate of drug-likeness (QED) is 0.109. The number of carbonyl (C=O) groups is 7. The second-order valence-corrected chi connectivity index (χ2v) is 9.60. The topological polar surface area (TPSA) is 251 Å². The number of likely N-dealkylation sites (tertiary alicyclic amines) is 1. The zero-order valence-corrected chi connectivity index (χ0v) is 21.6. The number of rotatable bonds is 16. The largest absolute Gasteiger partial charge is 0.481 e. The Balaban J connectivity index is 3.03. The number of nitrogens with two attached hydrogens (primary N) is 2. The molecule has 9 N–H and O–H groups in total. The number of nitrogens with one attached hydrogen (secondary N) is 3. The number of aliphatic carboxylic acids is 2. The molecule has 38 heavy (non-hydrogen) atoms. The van der Waals surface area contributed by atoms with Gasteiger partial charge in [0.25, 0.3) is 0 Å². The van der Waals surface area contributed by atoms with Gasteiger partial charge in [0.2, 0.25) is 29.5 Å². The van der Waals surface area contributed by atoms with Crippen LogP contribution in [-0.2, 0) is 33.6 Å². The highest BCUT2D eigenvalue weighted by Gasteiger charge is 2.38. The molecule has 0 aromatic carbocycles. The standard InChI is InChI=1S/C23H38N6O9/c1-12(2)10-15(23(38)29-9-3-4-16(29)22(37)26-11-19(33)34)28-21(36)14(6-8-18(31)32)27-20(35)13(24)5-7-17(25)30/h12-16H,3-11,24H2,1-2H3,(H2,25,30)(H,26,37)(H,27,35)(H,28,36)(H,31,32)(H,33,34)/t13-,14-,15-,16-/m0/s1. The van der Waals surface area contributed by atoms with Crippen LogP contribution in [0.3, 0.4) is 0 Å². The lowest BCUT2D eigenvalue weighted by atomic mass is 10.0. The first-order valence-electron chi connectivity index (χ1n) is 12.4. The molecule has 0 aromatic rings. The molecule has 0 aromatic heterocycles. The first-order valence-corrected chi connectivity index (χ1v) is 12.4. The molecule has 0 unspecified atom stereocenters. The van der Waals surface area contributed by atoms with Crippen molar-refractivity contribution >= 4 is 41.5 Å². The van der Waals surface area contributed by atoms with Crippen molar-refractivity contribution in [1.29, 1.82) is 0 Å². The van der Waals surface area contributed by atoms with Crippen molar-refractivity contribution in [3.8, 4) is 0 Å². The zero-order chi connectivity index (χ0) is 29.0. The highest BCUT2D eigenvalue weighted by molar-refractivity contribution is 5.95. The van der Waals surface area contributed by atoms with E-state index in [0.717, 1.165) is 0 Å². The first kappa shape index (κ1) is 32.3. The third-order valence-electron chi connectivity index (χ3n) is 5.89. The molecule has 1 fully saturated rings. The Bertz CT molecular complexity index is 910. The van der Waals surface area contributed by atoms with Crippen LogP contribution in [0.25, 0.3) is 0 Å². The van der Waals surface area contributed by atoms with Gasteiger partial charge in [-0.15, -0.1) is 0 Å². The van der Waals surface area contributed by atoms with E-state index in [0.29, 0.717) is 12.8 Å². The van der Waals surface area contributed by atoms with Crippen LogP contribution in [0, 0.1) is 5.92 Å². The van der Waals surface area contributed by atoms with Crippen molar-refractivity contribution < 1.29 is 43.8 Å². The van der Waals surface area contributed by atoms with Gasteiger partial charge in [-0.1, -0.05) is 13.8 Å². The smallest absolute Gasteiger partial charge is 0.322 e. The van der Waals surface area contributed by atoms with Crippen molar-refractivity contribution in [3.63, 3.8) is 0 Å². The van der Waals surface area contributed by atoms with E-state index in [-0.39, 0.29) is 38.1 Å². The van der Waals surface area contributed by atoms with E-state index in [9.17, 15) is 33.6 Å². The highest BCUT2D eigenvalue weighted by Crippen LogP contribution is 2.20. The van der Waals surface area contributed by atoms with E-state index in [1.807, 2.05) is 13.8 Å². The van der Waals surface area contributed by atoms with Crippen LogP contribution in [0.1, 0.15) is 58.8 Å². The van der Waals surface area contributed by atoms with Gasteiger partial charge in [0.1, 0.15) is 24.7 Å². The molecule has 15 nitrogen and oxygen atoms in total. The molecule has 0 aliphatic carbocycles. The zero-order valence-electron chi connectivity index (χ0n) is 21.6. The normalized spacial score (nSPS) is 17.3. The third-order valence-corrected chi connectivity index (χ3v) is 5.89. The monoisotopic (exact) mass is 542 g/mol. The number of carboxylic acid groups (broad SMARTS) is 2. The molecule has 0 radical (unpaired) electrons. The second-order valence-electron chi connectivity index (χ2n) is 9.60. The minimum Gasteiger partial charge on any atom is -0.481 e. The number of hydrogen-bond acceptors (Lipinski definition) is 8. The molecule has 4 atom stereocenters. The molecule has 1 aliphatic rings. The fraction of sp³-hybridized carbons (Fsp3) is 0.696. The van der Waals surface area contributed by atoms with Crippen LogP contribution < -0.4 is 27.4 Å². The predicted molar refractivity (Wildman–Crippen MR) is 132 cm³/mol. The van der Waals surface area contributed by atoms with E-state index in [2.05, 4.69) is 16.0 Å². The SMILES string of the molecule is CC(C)C[C@H](NC(=O)[C@H](CCC(=O)O)NC(=O)[C@@H](N)CCC(N)=O)C(=O)N1CCC[C@H]1C(=O)NCC(=O)O. The van der Waals surface area contributed by atoms with Crippen LogP contribution in [0.4, 0.5) is 0 Å². The van der Waals surface area contributed by atoms with Gasteiger partial charge in [0.15, 0.2) is 0 Å². The number of primary amides is 1. The fourth-order valence-corrected chi connectivity index (χ4v) is 3.99. The van der Waals surface area contributed by atoms with Crippen molar-refractivity contribution in [2.24, 2.45) is 17.4 Å². The minimum atomic E-state index is -1.34. The molecule has 15 heteroatoms. The van der Waals surface area contributed by atoms with Crippen molar-refractivity contribution in [2.75, 3.05) is 13.1 Å². The van der Waals surface area contributed by atoms with E-state index in [1.54, 1.807) is 0 Å². The molecule has 0 bridgehead atoms. The number of carbonyl (C=O) groups excluding carboxylic acids is 5. The summed E-state index contributed by atoms with van der Waals surface area (Å²) in [5.41, 5.74) is 10.8. The Hall–Kier alpha value is -3.75. The lowest BCUT2D eigenvalue weighted by molar-refractivity contribution is -0.143. The number of hydrogen-bond donors (Lipinski definition) is 7. The average Bonchev–Trinajstić information content (AvgIpc) is 3.31. The maximum atomic E-state index is 13.4. The summed E-state index contributed by atoms with van der Waals surface area (Å²) in [6.07, 6.45) is 0.00534. The molecule has 1 saturated heterocycles. The van der Waals surface area contributed by atoms with E-state index < -0.39 is 78.6 Å². The Kier molecular flexibility index (Phi) is 13.2. The Morgan fingerprint density at radius 2 is 1.55 bits per heavy atom. The van der Waals surface area contributed by atoms with E-state index >= 15 is 0 Å². The maximum absolute atomic E-state index is 13.4. The van der Waals surface area contributed by atoms with Crippen molar-refractivity contribution in [1.82, 2.24) is 20.9 Å². The van der Waals surface area contributed by atoms with Gasteiger partial charge >= 0.3 is 11.9 Å². The molecular weight excluding hydrogens is 504 g/mol. The van der Waals surface area contributed by atoms with Gasteiger partial charge < -0.3 is 42.5 Å². The summed E-state index contributed by atoms with van der Waals surface area (Å²) in [7, 11) is 0. The van der Waals surface area contributed by atoms with Crippen molar-refractivity contribution in [3.05, 3.63) is 0 Å². The molecule has 214 valence electrons. The summed E-state index contributed by atoms with van der Waals surface area (Å²) in [5, 5.41) is 25.1. The number of carboxylic acids is 2. The predicted octanol–water partition coefficient (Wildman–Crippen LogP) is -2.35. The first-order chi connectivity index (χ1) is 17.7. The van der Waals surface area contributed by atoms with Crippen LogP contribution in [0.15, 0.2) is 0 Å². The van der Waals surface area contributed by atoms with Crippen molar-refractivity contribution in [2.45, 2.75) is 83.0 Å². The Morgan fingerprint density at radius 1 is 0.921 bits per heavy atom. The average molecular weight is 543 g/mol. The molecule has 1 heterocycles. The number of amides is 5. The van der Waals surface area contributed by atoms with Gasteiger partial charge in [0, 0.05) is 19.4 Å². The second kappa shape index (κ2) is 15.5. The highest BCUT2D eigenvalue weighted by atomic mass is 16.4. The summed E-state index contributed by atoms with van der Waals surface area (Å²) < 4.78 is 0. The lowest BCUT2D eigenvalue weighted by Gasteiger charge is -2.30. The van der Waals surface area contributed by atoms with Crippen LogP contribution >= 0.6 is 0 Å². The summed E-state index contributed by atoms with van der Waals surface area (Å²) in [5.74, 6) is -5.96. The molecule has 1 aliphatic heterocycles. The fourth-order valence-electron chi connectivity index (χ4n) is 3.99. The summed E-state index contributed by atoms with van der Waals surface area (Å²) in [6, 6.07) is -4.51. The summed E-state index contributed by atoms with van der Waals surface area (Å²) in [4.78, 5) is 85.6. The molecule has 0 spiro atoms. The summed E-state index contributed by atoms with van der Waals surface area (Å²) in [6.45, 7) is 3.25. The van der Waals surface area contributed by atoms with E-state index in [1.165, 1.54) is 4.90 Å². The lowest BCUT2D eigenvalue weighted by Crippen LogP contribution is -2.58. The third kappa shape index (κ3) is 11.1. The summed E-state index contributed by atoms with van der Waals surface area (Å²) >= 11 is 0. The van der Waals surface area contributed by atoms with E-state index in [4.69, 9.17) is 21.7 Å². The molecular formula is C23H38N6O9. The molecule has 1 rings (SSSR count). The van der Waals surface area contributed by atoms with Crippen LogP contribution in [0.5, 0.6) is 0 Å². The maximum Gasteiger partial charge on any atom is 0.322 e. The van der Waals surface area contributed by atoms with Gasteiger partial charge in [-0.05, 0) is 38.0 Å². The Labute approximate surface area is 220 Å². The minimum absolute atomic E-state index is 0.0691. The van der Waals surface area contributed by atoms with Gasteiger partial charge in [-0.3, -0.25) is 33.6 Å². The van der Waals surface area contributed by atoms with Crippen LogP contribution in [0.2, 0.25) is 0 Å². The van der Waals surface area contributed by atoms with Gasteiger partial charge in [-0.25, -0.2) is 0 Å². The van der Waals surface area contributed by atoms with Gasteiger partial charge in [-0.2, -0.15) is 0 Å². The molecule has 5 amide bonds. The molecule has 0 saturated carbocycles. The number of nitrogens with zero attached hydrogens (tertiary/aromatic N) is 1.